The molecule has 0 saturated carbocycles. The van der Waals surface area contributed by atoms with Crippen molar-refractivity contribution in [2.24, 2.45) is 0 Å². The molecule has 0 radical (unpaired) electrons. The molecule has 0 fully saturated rings. The number of nitrogens with one attached hydrogen (secondary N) is 1. The van der Waals surface area contributed by atoms with Crippen LogP contribution in [0, 0.1) is 0 Å². The molecule has 120 valence electrons. The first-order chi connectivity index (χ1) is 11.7. The van der Waals surface area contributed by atoms with E-state index < -0.39 is 0 Å². The van der Waals surface area contributed by atoms with E-state index in [1.807, 2.05) is 53.2 Å². The van der Waals surface area contributed by atoms with E-state index >= 15 is 0 Å². The van der Waals surface area contributed by atoms with Gasteiger partial charge in [0.1, 0.15) is 18.1 Å². The van der Waals surface area contributed by atoms with Crippen molar-refractivity contribution in [2.75, 3.05) is 12.4 Å². The normalized spacial score (nSPS) is 16.1. The summed E-state index contributed by atoms with van der Waals surface area (Å²) in [5.41, 5.74) is 3.14. The van der Waals surface area contributed by atoms with Gasteiger partial charge < -0.3 is 10.1 Å². The molecule has 5 nitrogen and oxygen atoms in total. The van der Waals surface area contributed by atoms with Gasteiger partial charge in [0.15, 0.2) is 0 Å². The molecule has 0 saturated heterocycles. The fraction of sp³-hybridized carbons (Fsp3) is 0.111. The summed E-state index contributed by atoms with van der Waals surface area (Å²) in [7, 11) is 1.66. The molecule has 0 bridgehead atoms. The maximum Gasteiger partial charge on any atom is 0.226 e. The van der Waals surface area contributed by atoms with Gasteiger partial charge in [0.25, 0.3) is 0 Å². The second-order valence-corrected chi connectivity index (χ2v) is 5.89. The molecule has 0 aliphatic carbocycles. The number of halogens is 1. The zero-order chi connectivity index (χ0) is 16.5. The van der Waals surface area contributed by atoms with Gasteiger partial charge in [-0.2, -0.15) is 10.1 Å². The molecule has 24 heavy (non-hydrogen) atoms. The van der Waals surface area contributed by atoms with Crippen molar-refractivity contribution in [3.63, 3.8) is 0 Å². The number of ether oxygens (including phenoxy) is 1. The number of anilines is 1. The zero-order valence-electron chi connectivity index (χ0n) is 13.0. The van der Waals surface area contributed by atoms with E-state index in [1.165, 1.54) is 0 Å². The second-order valence-electron chi connectivity index (χ2n) is 5.46. The number of nitrogens with zero attached hydrogens (tertiary/aromatic N) is 3. The number of aromatic nitrogens is 3. The Hall–Kier alpha value is -2.79. The van der Waals surface area contributed by atoms with E-state index in [1.54, 1.807) is 13.4 Å². The Morgan fingerprint density at radius 2 is 1.83 bits per heavy atom. The summed E-state index contributed by atoms with van der Waals surface area (Å²) < 4.78 is 7.08. The third-order valence-electron chi connectivity index (χ3n) is 4.02. The molecule has 1 atom stereocenters. The van der Waals surface area contributed by atoms with Crippen LogP contribution in [0.2, 0.25) is 5.02 Å². The minimum absolute atomic E-state index is 0.0434. The summed E-state index contributed by atoms with van der Waals surface area (Å²) in [5.74, 6) is 1.54. The van der Waals surface area contributed by atoms with Crippen molar-refractivity contribution in [1.29, 1.82) is 0 Å². The largest absolute Gasteiger partial charge is 0.497 e. The zero-order valence-corrected chi connectivity index (χ0v) is 13.7. The monoisotopic (exact) mass is 338 g/mol. The van der Waals surface area contributed by atoms with Gasteiger partial charge in [-0.05, 0) is 53.6 Å². The predicted octanol–water partition coefficient (Wildman–Crippen LogP) is 4.00. The van der Waals surface area contributed by atoms with Crippen molar-refractivity contribution in [1.82, 2.24) is 14.8 Å². The van der Waals surface area contributed by atoms with Crippen molar-refractivity contribution in [3.05, 3.63) is 77.1 Å². The first-order valence-corrected chi connectivity index (χ1v) is 7.90. The minimum Gasteiger partial charge on any atom is -0.497 e. The van der Waals surface area contributed by atoms with Gasteiger partial charge >= 0.3 is 0 Å². The van der Waals surface area contributed by atoms with E-state index in [2.05, 4.69) is 21.5 Å². The van der Waals surface area contributed by atoms with Crippen molar-refractivity contribution < 1.29 is 4.74 Å². The lowest BCUT2D eigenvalue weighted by Crippen LogP contribution is -2.20. The average molecular weight is 339 g/mol. The molecule has 6 heteroatoms. The van der Waals surface area contributed by atoms with Crippen molar-refractivity contribution >= 4 is 23.2 Å². The molecule has 0 unspecified atom stereocenters. The average Bonchev–Trinajstić information content (AvgIpc) is 3.10. The number of rotatable bonds is 3. The third kappa shape index (κ3) is 2.63. The SMILES string of the molecule is COc1ccc(C2=C[C@@H](c3ccc(Cl)cc3)n3ncnc3N2)cc1. The van der Waals surface area contributed by atoms with Crippen LogP contribution < -0.4 is 10.1 Å². The molecule has 2 aromatic carbocycles. The van der Waals surface area contributed by atoms with Crippen molar-refractivity contribution in [2.45, 2.75) is 6.04 Å². The predicted molar refractivity (Wildman–Crippen MR) is 94.2 cm³/mol. The van der Waals surface area contributed by atoms with Gasteiger partial charge in [-0.25, -0.2) is 4.68 Å². The first-order valence-electron chi connectivity index (χ1n) is 7.53. The molecule has 0 spiro atoms. The topological polar surface area (TPSA) is 52.0 Å². The van der Waals surface area contributed by atoms with Crippen LogP contribution in [0.1, 0.15) is 17.2 Å². The van der Waals surface area contributed by atoms with Crippen LogP contribution >= 0.6 is 11.6 Å². The number of benzene rings is 2. The smallest absolute Gasteiger partial charge is 0.226 e. The van der Waals surface area contributed by atoms with Crippen LogP contribution in [0.15, 0.2) is 60.9 Å². The molecule has 1 aromatic heterocycles. The fourth-order valence-corrected chi connectivity index (χ4v) is 2.90. The highest BCUT2D eigenvalue weighted by molar-refractivity contribution is 6.30. The number of hydrogen-bond donors (Lipinski definition) is 1. The molecule has 4 rings (SSSR count). The Morgan fingerprint density at radius 3 is 2.54 bits per heavy atom. The van der Waals surface area contributed by atoms with Gasteiger partial charge in [-0.15, -0.1) is 0 Å². The lowest BCUT2D eigenvalue weighted by Gasteiger charge is -2.24. The van der Waals surface area contributed by atoms with Gasteiger partial charge in [-0.3, -0.25) is 0 Å². The van der Waals surface area contributed by atoms with Crippen LogP contribution in [-0.2, 0) is 0 Å². The Labute approximate surface area is 144 Å². The van der Waals surface area contributed by atoms with Crippen LogP contribution in [0.5, 0.6) is 5.75 Å². The fourth-order valence-electron chi connectivity index (χ4n) is 2.77. The second kappa shape index (κ2) is 6.02. The van der Waals surface area contributed by atoms with Crippen LogP contribution in [-0.4, -0.2) is 21.9 Å². The summed E-state index contributed by atoms with van der Waals surface area (Å²) in [4.78, 5) is 4.31. The highest BCUT2D eigenvalue weighted by Crippen LogP contribution is 2.32. The van der Waals surface area contributed by atoms with Gasteiger partial charge in [0.05, 0.1) is 7.11 Å². The molecular formula is C18H15ClN4O. The molecule has 2 heterocycles. The first kappa shape index (κ1) is 14.8. The molecule has 3 aromatic rings. The van der Waals surface area contributed by atoms with Gasteiger partial charge in [-0.1, -0.05) is 23.7 Å². The lowest BCUT2D eigenvalue weighted by atomic mass is 10.0. The standard InChI is InChI=1S/C18H15ClN4O/c1-24-15-8-4-12(5-9-15)16-10-17(13-2-6-14(19)7-3-13)23-18(22-16)20-11-21-23/h2-11,17H,1H3,(H,20,21,22)/t17-/m0/s1. The molecule has 0 amide bonds. The maximum absolute atomic E-state index is 6.01. The Morgan fingerprint density at radius 1 is 1.08 bits per heavy atom. The highest BCUT2D eigenvalue weighted by Gasteiger charge is 2.23. The molecule has 1 aliphatic heterocycles. The third-order valence-corrected chi connectivity index (χ3v) is 4.27. The summed E-state index contributed by atoms with van der Waals surface area (Å²) >= 11 is 6.01. The molecular weight excluding hydrogens is 324 g/mol. The highest BCUT2D eigenvalue weighted by atomic mass is 35.5. The van der Waals surface area contributed by atoms with Crippen LogP contribution in [0.25, 0.3) is 5.70 Å². The van der Waals surface area contributed by atoms with E-state index in [9.17, 15) is 0 Å². The van der Waals surface area contributed by atoms with Gasteiger partial charge in [0.2, 0.25) is 5.95 Å². The molecule has 1 aliphatic rings. The lowest BCUT2D eigenvalue weighted by molar-refractivity contribution is 0.415. The van der Waals surface area contributed by atoms with E-state index in [-0.39, 0.29) is 6.04 Å². The number of hydrogen-bond acceptors (Lipinski definition) is 4. The summed E-state index contributed by atoms with van der Waals surface area (Å²) in [5, 5.41) is 8.38. The maximum atomic E-state index is 6.01. The number of methoxy groups -OCH3 is 1. The summed E-state index contributed by atoms with van der Waals surface area (Å²) in [6, 6.07) is 15.6. The van der Waals surface area contributed by atoms with Crippen LogP contribution in [0.3, 0.4) is 0 Å². The molecule has 1 N–H and O–H groups in total. The Kier molecular flexibility index (Phi) is 3.70. The minimum atomic E-state index is -0.0434. The summed E-state index contributed by atoms with van der Waals surface area (Å²) in [6.07, 6.45) is 3.68. The Balaban J connectivity index is 1.76. The Bertz CT molecular complexity index is 884. The van der Waals surface area contributed by atoms with E-state index in [0.717, 1.165) is 22.6 Å². The van der Waals surface area contributed by atoms with Gasteiger partial charge in [0, 0.05) is 10.7 Å². The van der Waals surface area contributed by atoms with Crippen LogP contribution in [0.4, 0.5) is 5.95 Å². The number of allylic oxidation sites excluding steroid dienone is 1. The van der Waals surface area contributed by atoms with E-state index in [0.29, 0.717) is 11.0 Å². The number of fused-ring (bicyclic) bond motifs is 1. The van der Waals surface area contributed by atoms with E-state index in [4.69, 9.17) is 16.3 Å². The summed E-state index contributed by atoms with van der Waals surface area (Å²) in [6.45, 7) is 0. The van der Waals surface area contributed by atoms with Crippen molar-refractivity contribution in [3.8, 4) is 5.75 Å². The quantitative estimate of drug-likeness (QED) is 0.784.